The SMILES string of the molecule is CCCCCCCCOc1ccc2c(c1)NC(C=O)C2. The average Bonchev–Trinajstić information content (AvgIpc) is 2.88. The number of benzene rings is 1. The van der Waals surface area contributed by atoms with Crippen molar-refractivity contribution in [1.82, 2.24) is 0 Å². The Bertz CT molecular complexity index is 431. The molecule has 1 aromatic rings. The topological polar surface area (TPSA) is 38.3 Å². The highest BCUT2D eigenvalue weighted by Crippen LogP contribution is 2.29. The van der Waals surface area contributed by atoms with Gasteiger partial charge in [-0.25, -0.2) is 0 Å². The van der Waals surface area contributed by atoms with Crippen molar-refractivity contribution in [2.24, 2.45) is 0 Å². The average molecular weight is 275 g/mol. The van der Waals surface area contributed by atoms with Crippen LogP contribution in [0.5, 0.6) is 5.75 Å². The van der Waals surface area contributed by atoms with Crippen molar-refractivity contribution in [3.8, 4) is 5.75 Å². The van der Waals surface area contributed by atoms with Crippen LogP contribution in [0.1, 0.15) is 51.0 Å². The van der Waals surface area contributed by atoms with Gasteiger partial charge < -0.3 is 14.8 Å². The van der Waals surface area contributed by atoms with Gasteiger partial charge in [0.1, 0.15) is 12.0 Å². The highest BCUT2D eigenvalue weighted by atomic mass is 16.5. The lowest BCUT2D eigenvalue weighted by molar-refractivity contribution is -0.108. The van der Waals surface area contributed by atoms with Gasteiger partial charge in [0.25, 0.3) is 0 Å². The molecule has 3 nitrogen and oxygen atoms in total. The summed E-state index contributed by atoms with van der Waals surface area (Å²) in [5, 5.41) is 3.20. The lowest BCUT2D eigenvalue weighted by Crippen LogP contribution is -2.16. The summed E-state index contributed by atoms with van der Waals surface area (Å²) < 4.78 is 5.78. The zero-order valence-electron chi connectivity index (χ0n) is 12.4. The zero-order valence-corrected chi connectivity index (χ0v) is 12.4. The second-order valence-electron chi connectivity index (χ2n) is 5.53. The number of ether oxygens (including phenoxy) is 1. The van der Waals surface area contributed by atoms with Crippen molar-refractivity contribution in [2.75, 3.05) is 11.9 Å². The third-order valence-electron chi connectivity index (χ3n) is 3.79. The molecule has 3 heteroatoms. The summed E-state index contributed by atoms with van der Waals surface area (Å²) in [7, 11) is 0. The first-order chi connectivity index (χ1) is 9.83. The molecule has 0 saturated carbocycles. The molecular formula is C17H25NO2. The highest BCUT2D eigenvalue weighted by molar-refractivity contribution is 5.72. The van der Waals surface area contributed by atoms with E-state index in [2.05, 4.69) is 18.3 Å². The van der Waals surface area contributed by atoms with E-state index >= 15 is 0 Å². The van der Waals surface area contributed by atoms with E-state index in [9.17, 15) is 4.79 Å². The number of nitrogens with one attached hydrogen (secondary N) is 1. The molecule has 0 fully saturated rings. The van der Waals surface area contributed by atoms with Crippen LogP contribution in [0.3, 0.4) is 0 Å². The normalized spacial score (nSPS) is 16.6. The summed E-state index contributed by atoms with van der Waals surface area (Å²) in [6.07, 6.45) is 9.40. The van der Waals surface area contributed by atoms with Crippen LogP contribution < -0.4 is 10.1 Å². The largest absolute Gasteiger partial charge is 0.494 e. The first kappa shape index (κ1) is 14.9. The minimum Gasteiger partial charge on any atom is -0.494 e. The van der Waals surface area contributed by atoms with E-state index in [0.29, 0.717) is 0 Å². The molecule has 1 aliphatic heterocycles. The maximum Gasteiger partial charge on any atom is 0.142 e. The van der Waals surface area contributed by atoms with Crippen LogP contribution in [-0.4, -0.2) is 18.9 Å². The van der Waals surface area contributed by atoms with Crippen LogP contribution in [0, 0.1) is 0 Å². The molecule has 20 heavy (non-hydrogen) atoms. The van der Waals surface area contributed by atoms with E-state index in [1.54, 1.807) is 0 Å². The number of carbonyl (C=O) groups is 1. The van der Waals surface area contributed by atoms with Gasteiger partial charge >= 0.3 is 0 Å². The Balaban J connectivity index is 1.68. The summed E-state index contributed by atoms with van der Waals surface area (Å²) in [5.74, 6) is 0.899. The standard InChI is InChI=1S/C17H25NO2/c1-2-3-4-5-6-7-10-20-16-9-8-14-11-15(13-19)18-17(14)12-16/h8-9,12-13,15,18H,2-7,10-11H2,1H3. The van der Waals surface area contributed by atoms with Gasteiger partial charge in [-0.1, -0.05) is 45.1 Å². The first-order valence-corrected chi connectivity index (χ1v) is 7.81. The fourth-order valence-electron chi connectivity index (χ4n) is 2.60. The molecule has 2 rings (SSSR count). The van der Waals surface area contributed by atoms with E-state index < -0.39 is 0 Å². The summed E-state index contributed by atoms with van der Waals surface area (Å²) >= 11 is 0. The van der Waals surface area contributed by atoms with Gasteiger partial charge in [-0.05, 0) is 18.1 Å². The van der Waals surface area contributed by atoms with Crippen LogP contribution in [0.15, 0.2) is 18.2 Å². The Morgan fingerprint density at radius 1 is 1.25 bits per heavy atom. The predicted octanol–water partition coefficient (Wildman–Crippen LogP) is 3.96. The van der Waals surface area contributed by atoms with Crippen molar-refractivity contribution in [2.45, 2.75) is 57.9 Å². The molecule has 1 unspecified atom stereocenters. The first-order valence-electron chi connectivity index (χ1n) is 7.81. The smallest absolute Gasteiger partial charge is 0.142 e. The maximum absolute atomic E-state index is 10.8. The molecule has 0 aromatic heterocycles. The van der Waals surface area contributed by atoms with Crippen LogP contribution in [-0.2, 0) is 11.2 Å². The minimum absolute atomic E-state index is 0.0705. The molecule has 1 atom stereocenters. The third kappa shape index (κ3) is 4.26. The molecule has 0 radical (unpaired) electrons. The quantitative estimate of drug-likeness (QED) is 0.547. The van der Waals surface area contributed by atoms with Gasteiger partial charge in [-0.15, -0.1) is 0 Å². The van der Waals surface area contributed by atoms with E-state index in [1.807, 2.05) is 12.1 Å². The van der Waals surface area contributed by atoms with Crippen LogP contribution in [0.4, 0.5) is 5.69 Å². The Morgan fingerprint density at radius 2 is 2.05 bits per heavy atom. The molecule has 110 valence electrons. The van der Waals surface area contributed by atoms with Crippen molar-refractivity contribution in [1.29, 1.82) is 0 Å². The van der Waals surface area contributed by atoms with Crippen molar-refractivity contribution in [3.05, 3.63) is 23.8 Å². The molecule has 0 aliphatic carbocycles. The molecule has 0 spiro atoms. The second-order valence-corrected chi connectivity index (χ2v) is 5.53. The molecule has 0 bridgehead atoms. The van der Waals surface area contributed by atoms with Crippen LogP contribution in [0.25, 0.3) is 0 Å². The van der Waals surface area contributed by atoms with Gasteiger partial charge in [0, 0.05) is 18.2 Å². The van der Waals surface area contributed by atoms with Gasteiger partial charge in [-0.3, -0.25) is 0 Å². The van der Waals surface area contributed by atoms with E-state index in [0.717, 1.165) is 37.2 Å². The van der Waals surface area contributed by atoms with Gasteiger partial charge in [0.15, 0.2) is 0 Å². The van der Waals surface area contributed by atoms with E-state index in [-0.39, 0.29) is 6.04 Å². The van der Waals surface area contributed by atoms with Gasteiger partial charge in [0.2, 0.25) is 0 Å². The number of aldehydes is 1. The monoisotopic (exact) mass is 275 g/mol. The lowest BCUT2D eigenvalue weighted by atomic mass is 10.1. The number of hydrogen-bond acceptors (Lipinski definition) is 3. The third-order valence-corrected chi connectivity index (χ3v) is 3.79. The van der Waals surface area contributed by atoms with Crippen LogP contribution >= 0.6 is 0 Å². The number of anilines is 1. The molecule has 1 aliphatic rings. The highest BCUT2D eigenvalue weighted by Gasteiger charge is 2.19. The number of carbonyl (C=O) groups excluding carboxylic acids is 1. The molecule has 1 heterocycles. The van der Waals surface area contributed by atoms with Gasteiger partial charge in [-0.2, -0.15) is 0 Å². The second kappa shape index (κ2) is 7.93. The van der Waals surface area contributed by atoms with Crippen molar-refractivity contribution in [3.63, 3.8) is 0 Å². The van der Waals surface area contributed by atoms with E-state index in [4.69, 9.17) is 4.74 Å². The van der Waals surface area contributed by atoms with Crippen molar-refractivity contribution >= 4 is 12.0 Å². The fourth-order valence-corrected chi connectivity index (χ4v) is 2.60. The number of rotatable bonds is 9. The molecule has 1 N–H and O–H groups in total. The van der Waals surface area contributed by atoms with E-state index in [1.165, 1.54) is 37.7 Å². The number of hydrogen-bond donors (Lipinski definition) is 1. The molecule has 0 saturated heterocycles. The molecular weight excluding hydrogens is 250 g/mol. The Hall–Kier alpha value is -1.51. The lowest BCUT2D eigenvalue weighted by Gasteiger charge is -2.08. The summed E-state index contributed by atoms with van der Waals surface area (Å²) in [6.45, 7) is 3.02. The van der Waals surface area contributed by atoms with Gasteiger partial charge in [0.05, 0.1) is 12.6 Å². The fraction of sp³-hybridized carbons (Fsp3) is 0.588. The Kier molecular flexibility index (Phi) is 5.90. The van der Waals surface area contributed by atoms with Crippen molar-refractivity contribution < 1.29 is 9.53 Å². The maximum atomic E-state index is 10.8. The molecule has 1 aromatic carbocycles. The number of fused-ring (bicyclic) bond motifs is 1. The Labute approximate surface area is 121 Å². The summed E-state index contributed by atoms with van der Waals surface area (Å²) in [6, 6.07) is 6.00. The zero-order chi connectivity index (χ0) is 14.2. The Morgan fingerprint density at radius 3 is 2.85 bits per heavy atom. The predicted molar refractivity (Wildman–Crippen MR) is 82.5 cm³/mol. The summed E-state index contributed by atoms with van der Waals surface area (Å²) in [5.41, 5.74) is 2.25. The molecule has 0 amide bonds. The summed E-state index contributed by atoms with van der Waals surface area (Å²) in [4.78, 5) is 10.8. The number of unbranched alkanes of at least 4 members (excludes halogenated alkanes) is 5. The minimum atomic E-state index is -0.0705. The van der Waals surface area contributed by atoms with Crippen LogP contribution in [0.2, 0.25) is 0 Å².